The zero-order valence-electron chi connectivity index (χ0n) is 26.1. The van der Waals surface area contributed by atoms with Gasteiger partial charge >= 0.3 is 0 Å². The Balaban J connectivity index is 1.17. The summed E-state index contributed by atoms with van der Waals surface area (Å²) in [5.74, 6) is 2.74. The molecule has 5 nitrogen and oxygen atoms in total. The molecule has 2 heterocycles. The van der Waals surface area contributed by atoms with Gasteiger partial charge in [0.1, 0.15) is 5.84 Å². The molecule has 48 heavy (non-hydrogen) atoms. The molecule has 0 amide bonds. The van der Waals surface area contributed by atoms with E-state index in [1.807, 2.05) is 78.9 Å². The molecule has 0 fully saturated rings. The molecule has 1 aliphatic heterocycles. The molecule has 228 valence electrons. The van der Waals surface area contributed by atoms with E-state index >= 15 is 0 Å². The monoisotopic (exact) mass is 617 g/mol. The highest BCUT2D eigenvalue weighted by atomic mass is 15.1. The maximum Gasteiger partial charge on any atom is 0.164 e. The summed E-state index contributed by atoms with van der Waals surface area (Å²) >= 11 is 0. The second kappa shape index (κ2) is 13.1. The van der Waals surface area contributed by atoms with Crippen LogP contribution in [-0.2, 0) is 0 Å². The first-order valence-corrected chi connectivity index (χ1v) is 16.0. The van der Waals surface area contributed by atoms with E-state index in [-0.39, 0.29) is 6.04 Å². The van der Waals surface area contributed by atoms with Gasteiger partial charge in [0.25, 0.3) is 0 Å². The van der Waals surface area contributed by atoms with Gasteiger partial charge in [-0.05, 0) is 28.3 Å². The van der Waals surface area contributed by atoms with E-state index < -0.39 is 0 Å². The highest BCUT2D eigenvalue weighted by Crippen LogP contribution is 2.33. The predicted octanol–water partition coefficient (Wildman–Crippen LogP) is 9.67. The fourth-order valence-corrected chi connectivity index (χ4v) is 5.96. The Morgan fingerprint density at radius 1 is 0.375 bits per heavy atom. The van der Waals surface area contributed by atoms with Gasteiger partial charge in [0, 0.05) is 22.3 Å². The summed E-state index contributed by atoms with van der Waals surface area (Å²) in [4.78, 5) is 19.9. The summed E-state index contributed by atoms with van der Waals surface area (Å²) in [6.07, 6.45) is 2.20. The van der Waals surface area contributed by atoms with E-state index in [0.29, 0.717) is 17.5 Å². The molecule has 6 aromatic carbocycles. The summed E-state index contributed by atoms with van der Waals surface area (Å²) in [6.45, 7) is 0. The van der Waals surface area contributed by atoms with Gasteiger partial charge in [0.2, 0.25) is 0 Å². The van der Waals surface area contributed by atoms with Crippen LogP contribution >= 0.6 is 0 Å². The van der Waals surface area contributed by atoms with Gasteiger partial charge in [-0.1, -0.05) is 170 Å². The van der Waals surface area contributed by atoms with Gasteiger partial charge in [-0.3, -0.25) is 0 Å². The third-order valence-electron chi connectivity index (χ3n) is 8.41. The first kappa shape index (κ1) is 29.0. The van der Waals surface area contributed by atoms with Crippen molar-refractivity contribution in [3.05, 3.63) is 193 Å². The van der Waals surface area contributed by atoms with Crippen LogP contribution < -0.4 is 5.32 Å². The number of nitrogens with zero attached hydrogens (tertiary/aromatic N) is 4. The number of benzene rings is 6. The van der Waals surface area contributed by atoms with Crippen molar-refractivity contribution in [3.63, 3.8) is 0 Å². The van der Waals surface area contributed by atoms with Gasteiger partial charge < -0.3 is 5.32 Å². The lowest BCUT2D eigenvalue weighted by Crippen LogP contribution is -2.31. The normalized spacial score (nSPS) is 14.0. The third kappa shape index (κ3) is 6.05. The zero-order chi connectivity index (χ0) is 32.1. The number of aromatic nitrogens is 3. The van der Waals surface area contributed by atoms with Crippen molar-refractivity contribution in [2.45, 2.75) is 6.04 Å². The molecule has 1 unspecified atom stereocenters. The van der Waals surface area contributed by atoms with Gasteiger partial charge in [-0.15, -0.1) is 0 Å². The van der Waals surface area contributed by atoms with Gasteiger partial charge in [-0.2, -0.15) is 0 Å². The molecule has 5 heteroatoms. The van der Waals surface area contributed by atoms with E-state index in [0.717, 1.165) is 50.5 Å². The van der Waals surface area contributed by atoms with Crippen molar-refractivity contribution >= 4 is 11.5 Å². The molecule has 8 rings (SSSR count). The topological polar surface area (TPSA) is 63.1 Å². The van der Waals surface area contributed by atoms with E-state index in [4.69, 9.17) is 19.9 Å². The SMILES string of the molecule is C1=C(c2ccccc2)N=C(c2ccc(-c3ccccc3-c3nc(-c4ccccc4)nc(-c4ccccc4)n3)cc2)NC1c1ccccc1. The molecule has 0 saturated heterocycles. The lowest BCUT2D eigenvalue weighted by Gasteiger charge is -2.24. The van der Waals surface area contributed by atoms with E-state index in [1.54, 1.807) is 0 Å². The van der Waals surface area contributed by atoms with Crippen LogP contribution in [0.3, 0.4) is 0 Å². The van der Waals surface area contributed by atoms with E-state index in [2.05, 4.69) is 102 Å². The zero-order valence-corrected chi connectivity index (χ0v) is 26.1. The molecule has 1 aliphatic rings. The summed E-state index contributed by atoms with van der Waals surface area (Å²) in [7, 11) is 0. The average Bonchev–Trinajstić information content (AvgIpc) is 3.19. The summed E-state index contributed by atoms with van der Waals surface area (Å²) in [5, 5.41) is 3.67. The predicted molar refractivity (Wildman–Crippen MR) is 195 cm³/mol. The van der Waals surface area contributed by atoms with E-state index in [1.165, 1.54) is 5.56 Å². The van der Waals surface area contributed by atoms with Gasteiger partial charge in [0.15, 0.2) is 17.5 Å². The fourth-order valence-electron chi connectivity index (χ4n) is 5.96. The molecule has 0 bridgehead atoms. The third-order valence-corrected chi connectivity index (χ3v) is 8.41. The largest absolute Gasteiger partial charge is 0.359 e. The van der Waals surface area contributed by atoms with Crippen LogP contribution in [0.4, 0.5) is 0 Å². The molecule has 1 aromatic heterocycles. The van der Waals surface area contributed by atoms with Crippen LogP contribution in [0.1, 0.15) is 22.7 Å². The maximum atomic E-state index is 5.08. The first-order chi connectivity index (χ1) is 23.8. The standard InChI is InChI=1S/C43H31N5/c1-5-15-31(16-6-1)38-29-39(32-17-7-2-8-18-32)45-40(44-38)35-27-25-30(26-28-35)36-23-13-14-24-37(36)43-47-41(33-19-9-3-10-20-33)46-42(48-43)34-21-11-4-12-22-34/h1-29,38H,(H,44,45). The van der Waals surface area contributed by atoms with Crippen molar-refractivity contribution in [1.29, 1.82) is 0 Å². The van der Waals surface area contributed by atoms with Crippen LogP contribution in [-0.4, -0.2) is 20.8 Å². The summed E-state index contributed by atoms with van der Waals surface area (Å²) < 4.78 is 0. The Morgan fingerprint density at radius 3 is 1.42 bits per heavy atom. The van der Waals surface area contributed by atoms with Crippen LogP contribution in [0.5, 0.6) is 0 Å². The van der Waals surface area contributed by atoms with Crippen LogP contribution in [0.2, 0.25) is 0 Å². The quantitative estimate of drug-likeness (QED) is 0.193. The van der Waals surface area contributed by atoms with Crippen LogP contribution in [0.25, 0.3) is 51.0 Å². The Hall–Kier alpha value is -6.46. The molecular weight excluding hydrogens is 587 g/mol. The smallest absolute Gasteiger partial charge is 0.164 e. The molecule has 1 N–H and O–H groups in total. The Kier molecular flexibility index (Phi) is 7.91. The number of rotatable bonds is 7. The molecular formula is C43H31N5. The minimum absolute atomic E-state index is 0.00392. The van der Waals surface area contributed by atoms with Gasteiger partial charge in [0.05, 0.1) is 11.7 Å². The molecule has 0 saturated carbocycles. The van der Waals surface area contributed by atoms with Crippen LogP contribution in [0.15, 0.2) is 181 Å². The highest BCUT2D eigenvalue weighted by molar-refractivity contribution is 6.03. The number of hydrogen-bond donors (Lipinski definition) is 1. The highest BCUT2D eigenvalue weighted by Gasteiger charge is 2.20. The van der Waals surface area contributed by atoms with Crippen molar-refractivity contribution < 1.29 is 0 Å². The fraction of sp³-hybridized carbons (Fsp3) is 0.0233. The lowest BCUT2D eigenvalue weighted by atomic mass is 9.97. The van der Waals surface area contributed by atoms with Crippen molar-refractivity contribution in [2.24, 2.45) is 4.99 Å². The first-order valence-electron chi connectivity index (χ1n) is 16.0. The second-order valence-electron chi connectivity index (χ2n) is 11.6. The number of amidine groups is 1. The molecule has 0 aliphatic carbocycles. The van der Waals surface area contributed by atoms with E-state index in [9.17, 15) is 0 Å². The van der Waals surface area contributed by atoms with Gasteiger partial charge in [-0.25, -0.2) is 19.9 Å². The average molecular weight is 618 g/mol. The molecule has 0 spiro atoms. The number of hydrogen-bond acceptors (Lipinski definition) is 5. The Labute approximate surface area is 280 Å². The minimum atomic E-state index is -0.00392. The summed E-state index contributed by atoms with van der Waals surface area (Å²) in [5.41, 5.74) is 9.16. The lowest BCUT2D eigenvalue weighted by molar-refractivity contribution is 0.781. The number of nitrogens with one attached hydrogen (secondary N) is 1. The van der Waals surface area contributed by atoms with Crippen molar-refractivity contribution in [1.82, 2.24) is 20.3 Å². The van der Waals surface area contributed by atoms with Crippen LogP contribution in [0, 0.1) is 0 Å². The molecule has 7 aromatic rings. The Bertz CT molecular complexity index is 2170. The maximum absolute atomic E-state index is 5.08. The number of aliphatic imine (C=N–C) groups is 1. The second-order valence-corrected chi connectivity index (χ2v) is 11.6. The van der Waals surface area contributed by atoms with Crippen molar-refractivity contribution in [2.75, 3.05) is 0 Å². The minimum Gasteiger partial charge on any atom is -0.359 e. The van der Waals surface area contributed by atoms with Crippen molar-refractivity contribution in [3.8, 4) is 45.3 Å². The summed E-state index contributed by atoms with van der Waals surface area (Å²) in [6, 6.07) is 57.8. The Morgan fingerprint density at radius 2 is 0.833 bits per heavy atom. The molecule has 1 atom stereocenters. The molecule has 0 radical (unpaired) electrons.